The van der Waals surface area contributed by atoms with Crippen molar-refractivity contribution in [3.8, 4) is 16.5 Å². The second kappa shape index (κ2) is 10.5. The highest BCUT2D eigenvalue weighted by Crippen LogP contribution is 2.23. The number of hydrogen-bond donors (Lipinski definition) is 1. The molecule has 0 aliphatic rings. The van der Waals surface area contributed by atoms with Gasteiger partial charge in [0.25, 0.3) is 0 Å². The molecule has 0 bridgehead atoms. The molecule has 0 spiro atoms. The highest BCUT2D eigenvalue weighted by Gasteiger charge is 2.19. The molecule has 0 fully saturated rings. The van der Waals surface area contributed by atoms with E-state index in [4.69, 9.17) is 4.74 Å². The Labute approximate surface area is 179 Å². The maximum absolute atomic E-state index is 12.8. The Kier molecular flexibility index (Phi) is 7.51. The second-order valence-electron chi connectivity index (χ2n) is 6.60. The molecule has 30 heavy (non-hydrogen) atoms. The van der Waals surface area contributed by atoms with Gasteiger partial charge in [-0.1, -0.05) is 25.1 Å². The maximum atomic E-state index is 12.8. The number of pyridine rings is 1. The van der Waals surface area contributed by atoms with E-state index in [0.717, 1.165) is 17.1 Å². The number of amides is 2. The topological polar surface area (TPSA) is 84.4 Å². The van der Waals surface area contributed by atoms with Gasteiger partial charge in [0, 0.05) is 18.1 Å². The summed E-state index contributed by atoms with van der Waals surface area (Å²) in [5, 5.41) is 5.45. The van der Waals surface area contributed by atoms with Crippen molar-refractivity contribution in [2.75, 3.05) is 25.5 Å². The van der Waals surface area contributed by atoms with E-state index in [1.807, 2.05) is 42.6 Å². The third kappa shape index (κ3) is 5.64. The summed E-state index contributed by atoms with van der Waals surface area (Å²) < 4.78 is 5.26. The Morgan fingerprint density at radius 3 is 2.70 bits per heavy atom. The molecule has 2 aromatic heterocycles. The number of nitrogens with zero attached hydrogens (tertiary/aromatic N) is 3. The van der Waals surface area contributed by atoms with Crippen LogP contribution >= 0.6 is 11.3 Å². The van der Waals surface area contributed by atoms with E-state index in [9.17, 15) is 9.59 Å². The van der Waals surface area contributed by atoms with Crippen LogP contribution in [0.1, 0.15) is 19.0 Å². The third-order valence-electron chi connectivity index (χ3n) is 4.33. The fraction of sp³-hybridized carbons (Fsp3) is 0.273. The first-order chi connectivity index (χ1) is 14.6. The van der Waals surface area contributed by atoms with Crippen molar-refractivity contribution in [3.63, 3.8) is 0 Å². The third-order valence-corrected chi connectivity index (χ3v) is 5.24. The number of aromatic nitrogens is 2. The Hall–Kier alpha value is -3.26. The summed E-state index contributed by atoms with van der Waals surface area (Å²) in [5.41, 5.74) is 2.04. The SMILES string of the molecule is CCCN(CC(=O)Nc1ccccc1OC)C(=O)Cc1csc(-c2ccccn2)n1. The van der Waals surface area contributed by atoms with Crippen molar-refractivity contribution >= 4 is 28.8 Å². The molecule has 0 atom stereocenters. The first kappa shape index (κ1) is 21.4. The number of hydrogen-bond acceptors (Lipinski definition) is 6. The minimum Gasteiger partial charge on any atom is -0.495 e. The second-order valence-corrected chi connectivity index (χ2v) is 7.46. The van der Waals surface area contributed by atoms with Crippen LogP contribution in [0.3, 0.4) is 0 Å². The Morgan fingerprint density at radius 2 is 1.97 bits per heavy atom. The number of thiazole rings is 1. The minimum absolute atomic E-state index is 0.0258. The molecule has 0 unspecified atom stereocenters. The number of methoxy groups -OCH3 is 1. The average Bonchev–Trinajstić information content (AvgIpc) is 3.23. The lowest BCUT2D eigenvalue weighted by molar-refractivity contribution is -0.134. The summed E-state index contributed by atoms with van der Waals surface area (Å²) in [7, 11) is 1.55. The van der Waals surface area contributed by atoms with E-state index in [1.165, 1.54) is 11.3 Å². The molecule has 156 valence electrons. The zero-order valence-corrected chi connectivity index (χ0v) is 17.8. The first-order valence-electron chi connectivity index (χ1n) is 9.67. The Morgan fingerprint density at radius 1 is 1.17 bits per heavy atom. The van der Waals surface area contributed by atoms with Gasteiger partial charge in [-0.25, -0.2) is 4.98 Å². The Bertz CT molecular complexity index is 991. The predicted molar refractivity (Wildman–Crippen MR) is 118 cm³/mol. The number of nitrogens with one attached hydrogen (secondary N) is 1. The largest absolute Gasteiger partial charge is 0.495 e. The predicted octanol–water partition coefficient (Wildman–Crippen LogP) is 3.63. The van der Waals surface area contributed by atoms with Crippen molar-refractivity contribution < 1.29 is 14.3 Å². The van der Waals surface area contributed by atoms with Crippen molar-refractivity contribution in [2.24, 2.45) is 0 Å². The van der Waals surface area contributed by atoms with E-state index >= 15 is 0 Å². The first-order valence-corrected chi connectivity index (χ1v) is 10.5. The summed E-state index contributed by atoms with van der Waals surface area (Å²) >= 11 is 1.45. The number of carbonyl (C=O) groups is 2. The monoisotopic (exact) mass is 424 g/mol. The maximum Gasteiger partial charge on any atom is 0.244 e. The van der Waals surface area contributed by atoms with Crippen LogP contribution in [-0.2, 0) is 16.0 Å². The molecule has 2 amide bonds. The van der Waals surface area contributed by atoms with E-state index in [0.29, 0.717) is 23.7 Å². The lowest BCUT2D eigenvalue weighted by atomic mass is 10.2. The number of ether oxygens (including phenoxy) is 1. The number of carbonyl (C=O) groups excluding carboxylic acids is 2. The van der Waals surface area contributed by atoms with Crippen molar-refractivity contribution in [1.29, 1.82) is 0 Å². The summed E-state index contributed by atoms with van der Waals surface area (Å²) in [4.78, 5) is 35.7. The quantitative estimate of drug-likeness (QED) is 0.567. The zero-order valence-electron chi connectivity index (χ0n) is 17.0. The number of benzene rings is 1. The summed E-state index contributed by atoms with van der Waals surface area (Å²) in [5.74, 6) is 0.169. The standard InChI is InChI=1S/C22H24N4O3S/c1-3-12-26(14-20(27)25-17-8-4-5-10-19(17)29-2)21(28)13-16-15-30-22(24-16)18-9-6-7-11-23-18/h4-11,15H,3,12-14H2,1-2H3,(H,25,27). The van der Waals surface area contributed by atoms with Crippen LogP contribution in [0.4, 0.5) is 5.69 Å². The molecule has 3 aromatic rings. The molecule has 3 rings (SSSR count). The molecular weight excluding hydrogens is 400 g/mol. The molecule has 0 aliphatic heterocycles. The number of rotatable bonds is 9. The lowest BCUT2D eigenvalue weighted by Crippen LogP contribution is -2.39. The van der Waals surface area contributed by atoms with Crippen molar-refractivity contribution in [1.82, 2.24) is 14.9 Å². The molecule has 7 nitrogen and oxygen atoms in total. The van der Waals surface area contributed by atoms with Gasteiger partial charge in [-0.2, -0.15) is 0 Å². The molecular formula is C22H24N4O3S. The molecule has 1 N–H and O–H groups in total. The normalized spacial score (nSPS) is 10.5. The van der Waals surface area contributed by atoms with E-state index in [2.05, 4.69) is 15.3 Å². The molecule has 0 saturated carbocycles. The van der Waals surface area contributed by atoms with Gasteiger partial charge < -0.3 is 15.0 Å². The summed E-state index contributed by atoms with van der Waals surface area (Å²) in [6, 6.07) is 12.8. The number of anilines is 1. The Balaban J connectivity index is 1.63. The van der Waals surface area contributed by atoms with Crippen molar-refractivity contribution in [3.05, 3.63) is 59.7 Å². The zero-order chi connectivity index (χ0) is 21.3. The smallest absolute Gasteiger partial charge is 0.244 e. The van der Waals surface area contributed by atoms with Crippen LogP contribution in [0.2, 0.25) is 0 Å². The molecule has 0 saturated heterocycles. The van der Waals surface area contributed by atoms with E-state index in [1.54, 1.807) is 30.3 Å². The van der Waals surface area contributed by atoms with Gasteiger partial charge in [0.15, 0.2) is 0 Å². The van der Waals surface area contributed by atoms with Gasteiger partial charge in [-0.3, -0.25) is 14.6 Å². The molecule has 0 radical (unpaired) electrons. The summed E-state index contributed by atoms with van der Waals surface area (Å²) in [6.45, 7) is 2.44. The van der Waals surface area contributed by atoms with Gasteiger partial charge in [-0.05, 0) is 30.7 Å². The molecule has 0 aliphatic carbocycles. The van der Waals surface area contributed by atoms with Gasteiger partial charge in [0.1, 0.15) is 10.8 Å². The summed E-state index contributed by atoms with van der Waals surface area (Å²) in [6.07, 6.45) is 2.61. The number of para-hydroxylation sites is 2. The molecule has 2 heterocycles. The van der Waals surface area contributed by atoms with E-state index in [-0.39, 0.29) is 24.8 Å². The van der Waals surface area contributed by atoms with Gasteiger partial charge in [-0.15, -0.1) is 11.3 Å². The lowest BCUT2D eigenvalue weighted by Gasteiger charge is -2.21. The molecule has 1 aromatic carbocycles. The highest BCUT2D eigenvalue weighted by molar-refractivity contribution is 7.13. The molecule has 8 heteroatoms. The van der Waals surface area contributed by atoms with Crippen LogP contribution < -0.4 is 10.1 Å². The van der Waals surface area contributed by atoms with Crippen LogP contribution in [0, 0.1) is 0 Å². The fourth-order valence-corrected chi connectivity index (χ4v) is 3.73. The highest BCUT2D eigenvalue weighted by atomic mass is 32.1. The van der Waals surface area contributed by atoms with Crippen LogP contribution in [0.25, 0.3) is 10.7 Å². The van der Waals surface area contributed by atoms with Crippen LogP contribution in [0.5, 0.6) is 5.75 Å². The fourth-order valence-electron chi connectivity index (χ4n) is 2.93. The van der Waals surface area contributed by atoms with Gasteiger partial charge in [0.05, 0.1) is 37.2 Å². The minimum atomic E-state index is -0.270. The van der Waals surface area contributed by atoms with Crippen molar-refractivity contribution in [2.45, 2.75) is 19.8 Å². The van der Waals surface area contributed by atoms with Gasteiger partial charge in [0.2, 0.25) is 11.8 Å². The van der Waals surface area contributed by atoms with Crippen LogP contribution in [0.15, 0.2) is 54.0 Å². The average molecular weight is 425 g/mol. The van der Waals surface area contributed by atoms with E-state index < -0.39 is 0 Å². The van der Waals surface area contributed by atoms with Crippen LogP contribution in [-0.4, -0.2) is 46.9 Å². The van der Waals surface area contributed by atoms with Gasteiger partial charge >= 0.3 is 0 Å².